The van der Waals surface area contributed by atoms with Crippen molar-refractivity contribution in [3.63, 3.8) is 0 Å². The van der Waals surface area contributed by atoms with E-state index in [2.05, 4.69) is 20.7 Å². The van der Waals surface area contributed by atoms with Crippen LogP contribution >= 0.6 is 0 Å². The van der Waals surface area contributed by atoms with Crippen LogP contribution in [-0.2, 0) is 18.9 Å². The number of methoxy groups -OCH3 is 1. The zero-order valence-corrected chi connectivity index (χ0v) is 23.8. The van der Waals surface area contributed by atoms with Crippen molar-refractivity contribution in [2.75, 3.05) is 39.0 Å². The van der Waals surface area contributed by atoms with Crippen LogP contribution in [0.2, 0.25) is 0 Å². The van der Waals surface area contributed by atoms with E-state index in [0.717, 1.165) is 6.07 Å². The van der Waals surface area contributed by atoms with Crippen LogP contribution in [0.3, 0.4) is 0 Å². The van der Waals surface area contributed by atoms with Crippen LogP contribution in [0.4, 0.5) is 19.4 Å². The number of anilines is 1. The van der Waals surface area contributed by atoms with Crippen molar-refractivity contribution in [1.29, 1.82) is 0 Å². The summed E-state index contributed by atoms with van der Waals surface area (Å²) < 4.78 is 57.4. The summed E-state index contributed by atoms with van der Waals surface area (Å²) >= 11 is 0. The molecule has 0 aliphatic carbocycles. The molecular weight excluding hydrogens is 544 g/mol. The molecule has 2 heterocycles. The van der Waals surface area contributed by atoms with Gasteiger partial charge in [-0.05, 0) is 46.8 Å². The highest BCUT2D eigenvalue weighted by atomic mass is 19.1. The van der Waals surface area contributed by atoms with E-state index in [1.807, 2.05) is 0 Å². The number of alkyl carbamates (subject to hydrolysis) is 1. The van der Waals surface area contributed by atoms with E-state index < -0.39 is 41.4 Å². The first kappa shape index (κ1) is 31.5. The fourth-order valence-electron chi connectivity index (χ4n) is 3.70. The molecule has 1 aromatic carbocycles. The normalized spacial score (nSPS) is 13.0. The Bertz CT molecular complexity index is 1350. The Morgan fingerprint density at radius 1 is 1.20 bits per heavy atom. The monoisotopic (exact) mass is 579 g/mol. The minimum absolute atomic E-state index is 0.0699. The summed E-state index contributed by atoms with van der Waals surface area (Å²) in [5.41, 5.74) is -0.182. The number of hydrogen-bond acceptors (Lipinski definition) is 10. The minimum atomic E-state index is -0.952. The summed E-state index contributed by atoms with van der Waals surface area (Å²) in [7, 11) is 1.44. The fourth-order valence-corrected chi connectivity index (χ4v) is 3.70. The highest BCUT2D eigenvalue weighted by Crippen LogP contribution is 2.32. The molecule has 0 aliphatic heterocycles. The van der Waals surface area contributed by atoms with Crippen molar-refractivity contribution in [3.8, 4) is 5.75 Å². The highest BCUT2D eigenvalue weighted by molar-refractivity contribution is 5.95. The summed E-state index contributed by atoms with van der Waals surface area (Å²) in [6.45, 7) is 8.42. The smallest absolute Gasteiger partial charge is 0.407 e. The topological polar surface area (TPSA) is 135 Å². The number of carbonyl (C=O) groups excluding carboxylic acids is 2. The van der Waals surface area contributed by atoms with Crippen LogP contribution in [0, 0.1) is 11.6 Å². The van der Waals surface area contributed by atoms with Crippen LogP contribution in [0.1, 0.15) is 56.6 Å². The Hall–Kier alpha value is -4.04. The maximum absolute atomic E-state index is 15.1. The maximum atomic E-state index is 15.1. The van der Waals surface area contributed by atoms with Crippen LogP contribution in [0.25, 0.3) is 5.65 Å². The molecule has 12 nitrogen and oxygen atoms in total. The highest BCUT2D eigenvalue weighted by Gasteiger charge is 2.24. The van der Waals surface area contributed by atoms with Gasteiger partial charge in [0.15, 0.2) is 17.2 Å². The SMILES string of the molecule is CCOC(=O)c1cnn2ccc(N[C@H](C)c3cc(F)cc(F)c3O[C@@H](CNC(=O)OC(C)(C)C)COCOC)nc12. The number of amides is 1. The lowest BCUT2D eigenvalue weighted by molar-refractivity contribution is -0.0566. The predicted molar refractivity (Wildman–Crippen MR) is 144 cm³/mol. The average molecular weight is 580 g/mol. The van der Waals surface area contributed by atoms with Crippen molar-refractivity contribution in [2.24, 2.45) is 0 Å². The Morgan fingerprint density at radius 2 is 1.95 bits per heavy atom. The van der Waals surface area contributed by atoms with E-state index in [1.54, 1.807) is 46.9 Å². The lowest BCUT2D eigenvalue weighted by Gasteiger charge is -2.25. The zero-order chi connectivity index (χ0) is 30.2. The molecule has 14 heteroatoms. The summed E-state index contributed by atoms with van der Waals surface area (Å²) in [6.07, 6.45) is 1.33. The molecule has 0 radical (unpaired) electrons. The van der Waals surface area contributed by atoms with E-state index in [1.165, 1.54) is 17.8 Å². The maximum Gasteiger partial charge on any atom is 0.407 e. The average Bonchev–Trinajstić information content (AvgIpc) is 3.31. The third-order valence-corrected chi connectivity index (χ3v) is 5.39. The second-order valence-corrected chi connectivity index (χ2v) is 9.93. The molecule has 3 aromatic rings. The molecule has 2 aromatic heterocycles. The van der Waals surface area contributed by atoms with E-state index in [-0.39, 0.29) is 49.1 Å². The molecule has 0 unspecified atom stereocenters. The van der Waals surface area contributed by atoms with Gasteiger partial charge in [-0.3, -0.25) is 0 Å². The van der Waals surface area contributed by atoms with Gasteiger partial charge in [0.1, 0.15) is 35.7 Å². The standard InChI is InChI=1S/C27H35F2N5O7/c1-7-39-25(35)20-13-31-34-9-8-22(33-24(20)34)32-16(2)19-10-17(28)11-21(29)23(19)40-18(14-38-15-37-6)12-30-26(36)41-27(3,4)5/h8-11,13,16,18H,7,12,14-15H2,1-6H3,(H,30,36)(H,32,33)/t16-,18+/m1/s1. The first-order chi connectivity index (χ1) is 19.4. The van der Waals surface area contributed by atoms with Crippen LogP contribution in [0.15, 0.2) is 30.6 Å². The van der Waals surface area contributed by atoms with Crippen LogP contribution in [0.5, 0.6) is 5.75 Å². The lowest BCUT2D eigenvalue weighted by atomic mass is 10.1. The Kier molecular flexibility index (Phi) is 10.8. The second kappa shape index (κ2) is 14.0. The fraction of sp³-hybridized carbons (Fsp3) is 0.481. The summed E-state index contributed by atoms with van der Waals surface area (Å²) in [5, 5.41) is 9.74. The first-order valence-corrected chi connectivity index (χ1v) is 12.9. The predicted octanol–water partition coefficient (Wildman–Crippen LogP) is 4.25. The third kappa shape index (κ3) is 8.98. The molecule has 0 saturated heterocycles. The molecule has 2 N–H and O–H groups in total. The van der Waals surface area contributed by atoms with Crippen LogP contribution in [-0.4, -0.2) is 72.0 Å². The van der Waals surface area contributed by atoms with Gasteiger partial charge in [-0.15, -0.1) is 0 Å². The number of rotatable bonds is 13. The van der Waals surface area contributed by atoms with E-state index >= 15 is 4.39 Å². The Balaban J connectivity index is 1.85. The summed E-state index contributed by atoms with van der Waals surface area (Å²) in [4.78, 5) is 28.9. The van der Waals surface area contributed by atoms with E-state index in [0.29, 0.717) is 11.9 Å². The number of ether oxygens (including phenoxy) is 5. The van der Waals surface area contributed by atoms with Gasteiger partial charge in [-0.2, -0.15) is 5.10 Å². The molecule has 0 spiro atoms. The molecule has 224 valence electrons. The molecule has 0 bridgehead atoms. The molecule has 3 rings (SSSR count). The minimum Gasteiger partial charge on any atom is -0.483 e. The van der Waals surface area contributed by atoms with Gasteiger partial charge in [-0.1, -0.05) is 0 Å². The number of nitrogens with zero attached hydrogens (tertiary/aromatic N) is 3. The van der Waals surface area contributed by atoms with Crippen molar-refractivity contribution in [3.05, 3.63) is 53.4 Å². The quantitative estimate of drug-likeness (QED) is 0.172. The summed E-state index contributed by atoms with van der Waals surface area (Å²) in [6, 6.07) is 2.69. The third-order valence-electron chi connectivity index (χ3n) is 5.39. The van der Waals surface area contributed by atoms with Crippen molar-refractivity contribution in [2.45, 2.75) is 52.4 Å². The van der Waals surface area contributed by atoms with Gasteiger partial charge in [0, 0.05) is 24.9 Å². The molecule has 0 aliphatic rings. The molecular formula is C27H35F2N5O7. The number of fused-ring (bicyclic) bond motifs is 1. The number of aromatic nitrogens is 3. The number of hydrogen-bond donors (Lipinski definition) is 2. The number of esters is 1. The van der Waals surface area contributed by atoms with Gasteiger partial charge >= 0.3 is 12.1 Å². The van der Waals surface area contributed by atoms with Gasteiger partial charge in [0.2, 0.25) is 0 Å². The van der Waals surface area contributed by atoms with Crippen LogP contribution < -0.4 is 15.4 Å². The molecule has 41 heavy (non-hydrogen) atoms. The summed E-state index contributed by atoms with van der Waals surface area (Å²) in [5.74, 6) is -2.29. The van der Waals surface area contributed by atoms with Gasteiger partial charge < -0.3 is 34.3 Å². The molecule has 0 fully saturated rings. The van der Waals surface area contributed by atoms with Gasteiger partial charge in [-0.25, -0.2) is 27.9 Å². The van der Waals surface area contributed by atoms with Gasteiger partial charge in [0.05, 0.1) is 32.0 Å². The molecule has 0 saturated carbocycles. The number of benzene rings is 1. The van der Waals surface area contributed by atoms with Crippen molar-refractivity contribution in [1.82, 2.24) is 19.9 Å². The van der Waals surface area contributed by atoms with E-state index in [9.17, 15) is 14.0 Å². The first-order valence-electron chi connectivity index (χ1n) is 12.9. The van der Waals surface area contributed by atoms with Crippen molar-refractivity contribution < 1.29 is 42.1 Å². The Labute approximate surface area is 236 Å². The Morgan fingerprint density at radius 3 is 2.63 bits per heavy atom. The van der Waals surface area contributed by atoms with Crippen molar-refractivity contribution >= 4 is 23.5 Å². The largest absolute Gasteiger partial charge is 0.483 e. The van der Waals surface area contributed by atoms with E-state index in [4.69, 9.17) is 23.7 Å². The number of nitrogens with one attached hydrogen (secondary N) is 2. The molecule has 1 amide bonds. The number of halogens is 2. The number of carbonyl (C=O) groups is 2. The molecule has 2 atom stereocenters. The second-order valence-electron chi connectivity index (χ2n) is 9.93. The van der Waals surface area contributed by atoms with Gasteiger partial charge in [0.25, 0.3) is 0 Å². The zero-order valence-electron chi connectivity index (χ0n) is 23.8. The lowest BCUT2D eigenvalue weighted by Crippen LogP contribution is -2.41.